The van der Waals surface area contributed by atoms with E-state index >= 15 is 0 Å². The average Bonchev–Trinajstić information content (AvgIpc) is 2.86. The van der Waals surface area contributed by atoms with Crippen molar-refractivity contribution in [2.75, 3.05) is 6.54 Å². The molecule has 1 aromatic rings. The van der Waals surface area contributed by atoms with Gasteiger partial charge in [0.1, 0.15) is 4.32 Å². The third-order valence-electron chi connectivity index (χ3n) is 4.76. The van der Waals surface area contributed by atoms with Crippen molar-refractivity contribution >= 4 is 40.3 Å². The molecule has 1 aromatic carbocycles. The van der Waals surface area contributed by atoms with Gasteiger partial charge in [-0.05, 0) is 35.5 Å². The van der Waals surface area contributed by atoms with E-state index in [-0.39, 0.29) is 5.91 Å². The number of carbonyl (C=O) groups is 1. The van der Waals surface area contributed by atoms with Gasteiger partial charge in [0.15, 0.2) is 0 Å². The first kappa shape index (κ1) is 20.2. The maximum atomic E-state index is 12.8. The van der Waals surface area contributed by atoms with E-state index in [0.717, 1.165) is 23.4 Å². The van der Waals surface area contributed by atoms with Crippen molar-refractivity contribution < 1.29 is 4.79 Å². The molecule has 1 aliphatic rings. The fourth-order valence-electron chi connectivity index (χ4n) is 2.96. The molecule has 0 radical (unpaired) electrons. The highest BCUT2D eigenvalue weighted by atomic mass is 32.2. The van der Waals surface area contributed by atoms with E-state index in [1.54, 1.807) is 4.90 Å². The van der Waals surface area contributed by atoms with Crippen LogP contribution in [0.2, 0.25) is 0 Å². The lowest BCUT2D eigenvalue weighted by Crippen LogP contribution is -2.33. The van der Waals surface area contributed by atoms with Crippen molar-refractivity contribution in [2.45, 2.75) is 59.3 Å². The molecule has 1 fully saturated rings. The Morgan fingerprint density at radius 2 is 1.88 bits per heavy atom. The fraction of sp³-hybridized carbons (Fsp3) is 0.524. The van der Waals surface area contributed by atoms with Gasteiger partial charge in [-0.3, -0.25) is 9.69 Å². The Labute approximate surface area is 162 Å². The topological polar surface area (TPSA) is 20.3 Å². The van der Waals surface area contributed by atoms with Crippen LogP contribution in [-0.4, -0.2) is 21.7 Å². The Morgan fingerprint density at radius 1 is 1.20 bits per heavy atom. The van der Waals surface area contributed by atoms with Crippen molar-refractivity contribution in [1.82, 2.24) is 4.90 Å². The van der Waals surface area contributed by atoms with Crippen molar-refractivity contribution in [1.29, 1.82) is 0 Å². The quantitative estimate of drug-likeness (QED) is 0.397. The molecule has 1 amide bonds. The van der Waals surface area contributed by atoms with Crippen molar-refractivity contribution in [3.8, 4) is 0 Å². The Balaban J connectivity index is 2.08. The second-order valence-electron chi connectivity index (χ2n) is 7.03. The van der Waals surface area contributed by atoms with Gasteiger partial charge < -0.3 is 0 Å². The van der Waals surface area contributed by atoms with Gasteiger partial charge in [0.05, 0.1) is 4.91 Å². The minimum absolute atomic E-state index is 0.0675. The highest BCUT2D eigenvalue weighted by molar-refractivity contribution is 8.26. The molecule has 136 valence electrons. The van der Waals surface area contributed by atoms with Crippen LogP contribution in [-0.2, 0) is 4.79 Å². The van der Waals surface area contributed by atoms with Gasteiger partial charge in [-0.15, -0.1) is 0 Å². The Bertz CT molecular complexity index is 634. The number of thioether (sulfide) groups is 1. The molecule has 0 spiro atoms. The molecule has 0 N–H and O–H groups in total. The standard InChI is InChI=1S/C21H29NOS2/c1-5-7-8-16(6-2)14-22-20(23)19(25-21(22)24)13-17-9-11-18(12-10-17)15(3)4/h9-13,15-16H,5-8,14H2,1-4H3. The summed E-state index contributed by atoms with van der Waals surface area (Å²) in [4.78, 5) is 15.3. The van der Waals surface area contributed by atoms with E-state index in [1.165, 1.54) is 36.6 Å². The van der Waals surface area contributed by atoms with Gasteiger partial charge in [0.2, 0.25) is 0 Å². The van der Waals surface area contributed by atoms with Crippen LogP contribution in [0, 0.1) is 5.92 Å². The lowest BCUT2D eigenvalue weighted by molar-refractivity contribution is -0.122. The summed E-state index contributed by atoms with van der Waals surface area (Å²) in [7, 11) is 0. The molecule has 1 saturated heterocycles. The molecule has 0 bridgehead atoms. The molecule has 0 aliphatic carbocycles. The van der Waals surface area contributed by atoms with Gasteiger partial charge in [0.25, 0.3) is 5.91 Å². The molecule has 0 aromatic heterocycles. The van der Waals surface area contributed by atoms with Crippen LogP contribution in [0.1, 0.15) is 70.4 Å². The normalized spacial score (nSPS) is 17.8. The van der Waals surface area contributed by atoms with E-state index in [2.05, 4.69) is 52.0 Å². The third-order valence-corrected chi connectivity index (χ3v) is 6.14. The number of rotatable bonds is 8. The highest BCUT2D eigenvalue weighted by Gasteiger charge is 2.33. The minimum atomic E-state index is 0.0675. The first-order valence-electron chi connectivity index (χ1n) is 9.31. The Morgan fingerprint density at radius 3 is 2.44 bits per heavy atom. The number of carbonyl (C=O) groups excluding carboxylic acids is 1. The SMILES string of the molecule is CCCCC(CC)CN1C(=O)C(=Cc2ccc(C(C)C)cc2)SC1=S. The van der Waals surface area contributed by atoms with Gasteiger partial charge in [-0.1, -0.05) is 95.2 Å². The van der Waals surface area contributed by atoms with Gasteiger partial charge >= 0.3 is 0 Å². The number of hydrogen-bond donors (Lipinski definition) is 0. The maximum absolute atomic E-state index is 12.8. The fourth-order valence-corrected chi connectivity index (χ4v) is 4.24. The largest absolute Gasteiger partial charge is 0.293 e. The number of unbranched alkanes of at least 4 members (excludes halogenated alkanes) is 1. The van der Waals surface area contributed by atoms with E-state index < -0.39 is 0 Å². The van der Waals surface area contributed by atoms with Crippen molar-refractivity contribution in [3.63, 3.8) is 0 Å². The first-order valence-corrected chi connectivity index (χ1v) is 10.5. The molecule has 0 saturated carbocycles. The molecule has 25 heavy (non-hydrogen) atoms. The van der Waals surface area contributed by atoms with Crippen LogP contribution in [0.25, 0.3) is 6.08 Å². The van der Waals surface area contributed by atoms with E-state index in [1.807, 2.05) is 6.08 Å². The summed E-state index contributed by atoms with van der Waals surface area (Å²) in [5.41, 5.74) is 2.37. The second-order valence-corrected chi connectivity index (χ2v) is 8.71. The van der Waals surface area contributed by atoms with E-state index in [9.17, 15) is 4.79 Å². The zero-order chi connectivity index (χ0) is 18.4. The summed E-state index contributed by atoms with van der Waals surface area (Å²) in [5.74, 6) is 1.12. The van der Waals surface area contributed by atoms with Gasteiger partial charge in [0, 0.05) is 6.54 Å². The molecule has 1 atom stereocenters. The molecule has 2 nitrogen and oxygen atoms in total. The zero-order valence-corrected chi connectivity index (χ0v) is 17.4. The van der Waals surface area contributed by atoms with Crippen molar-refractivity contribution in [2.24, 2.45) is 5.92 Å². The monoisotopic (exact) mass is 375 g/mol. The molecular weight excluding hydrogens is 346 g/mol. The molecule has 4 heteroatoms. The van der Waals surface area contributed by atoms with Crippen LogP contribution in [0.4, 0.5) is 0 Å². The second kappa shape index (κ2) is 9.54. The number of amides is 1. The molecule has 1 aliphatic heterocycles. The number of hydrogen-bond acceptors (Lipinski definition) is 3. The van der Waals surface area contributed by atoms with E-state index in [4.69, 9.17) is 12.2 Å². The predicted octanol–water partition coefficient (Wildman–Crippen LogP) is 6.23. The lowest BCUT2D eigenvalue weighted by atomic mass is 9.99. The molecule has 1 heterocycles. The summed E-state index contributed by atoms with van der Waals surface area (Å²) in [6, 6.07) is 8.43. The number of thiocarbonyl (C=S) groups is 1. The Kier molecular flexibility index (Phi) is 7.70. The van der Waals surface area contributed by atoms with Gasteiger partial charge in [-0.25, -0.2) is 0 Å². The molecule has 1 unspecified atom stereocenters. The average molecular weight is 376 g/mol. The number of benzene rings is 1. The lowest BCUT2D eigenvalue weighted by Gasteiger charge is -2.21. The summed E-state index contributed by atoms with van der Waals surface area (Å²) in [6.45, 7) is 9.53. The summed E-state index contributed by atoms with van der Waals surface area (Å²) in [5, 5.41) is 0. The predicted molar refractivity (Wildman–Crippen MR) is 114 cm³/mol. The molecule has 2 rings (SSSR count). The van der Waals surface area contributed by atoms with Crippen LogP contribution in [0.5, 0.6) is 0 Å². The Hall–Kier alpha value is -1.13. The first-order chi connectivity index (χ1) is 12.0. The smallest absolute Gasteiger partial charge is 0.266 e. The van der Waals surface area contributed by atoms with Crippen LogP contribution < -0.4 is 0 Å². The van der Waals surface area contributed by atoms with Crippen LogP contribution in [0.3, 0.4) is 0 Å². The van der Waals surface area contributed by atoms with Crippen molar-refractivity contribution in [3.05, 3.63) is 40.3 Å². The highest BCUT2D eigenvalue weighted by Crippen LogP contribution is 2.34. The van der Waals surface area contributed by atoms with E-state index in [0.29, 0.717) is 16.2 Å². The summed E-state index contributed by atoms with van der Waals surface area (Å²) >= 11 is 6.90. The summed E-state index contributed by atoms with van der Waals surface area (Å²) in [6.07, 6.45) is 6.63. The number of nitrogens with zero attached hydrogens (tertiary/aromatic N) is 1. The zero-order valence-electron chi connectivity index (χ0n) is 15.7. The van der Waals surface area contributed by atoms with Crippen LogP contribution >= 0.6 is 24.0 Å². The summed E-state index contributed by atoms with van der Waals surface area (Å²) < 4.78 is 0.699. The third kappa shape index (κ3) is 5.42. The van der Waals surface area contributed by atoms with Gasteiger partial charge in [-0.2, -0.15) is 0 Å². The maximum Gasteiger partial charge on any atom is 0.266 e. The molecular formula is C21H29NOS2. The van der Waals surface area contributed by atoms with Crippen LogP contribution in [0.15, 0.2) is 29.2 Å². The minimum Gasteiger partial charge on any atom is -0.293 e.